The van der Waals surface area contributed by atoms with Crippen LogP contribution in [0.5, 0.6) is 5.75 Å². The van der Waals surface area contributed by atoms with Gasteiger partial charge in [0.15, 0.2) is 6.61 Å². The van der Waals surface area contributed by atoms with Gasteiger partial charge in [-0.25, -0.2) is 0 Å². The average molecular weight is 606 g/mol. The van der Waals surface area contributed by atoms with Crippen molar-refractivity contribution in [3.05, 3.63) is 97.9 Å². The minimum atomic E-state index is -0.760. The van der Waals surface area contributed by atoms with E-state index in [1.54, 1.807) is 25.2 Å². The van der Waals surface area contributed by atoms with E-state index in [4.69, 9.17) is 27.9 Å². The van der Waals surface area contributed by atoms with Crippen LogP contribution in [0.25, 0.3) is 0 Å². The van der Waals surface area contributed by atoms with Crippen molar-refractivity contribution in [2.24, 2.45) is 0 Å². The largest absolute Gasteiger partial charge is 0.483 e. The van der Waals surface area contributed by atoms with E-state index in [1.807, 2.05) is 48.5 Å². The normalized spacial score (nSPS) is 12.1. The molecule has 1 atom stereocenters. The van der Waals surface area contributed by atoms with Gasteiger partial charge in [0.1, 0.15) is 11.8 Å². The lowest BCUT2D eigenvalue weighted by Gasteiger charge is -2.31. The molecule has 196 valence electrons. The lowest BCUT2D eigenvalue weighted by Crippen LogP contribution is -2.51. The smallest absolute Gasteiger partial charge is 0.261 e. The maximum absolute atomic E-state index is 13.6. The first-order valence-corrected chi connectivity index (χ1v) is 13.5. The zero-order valence-electron chi connectivity index (χ0n) is 21.4. The third-order valence-corrected chi connectivity index (χ3v) is 7.36. The van der Waals surface area contributed by atoms with Crippen LogP contribution >= 0.6 is 39.1 Å². The Morgan fingerprint density at radius 3 is 2.27 bits per heavy atom. The summed E-state index contributed by atoms with van der Waals surface area (Å²) in [5, 5.41) is 3.50. The van der Waals surface area contributed by atoms with Crippen LogP contribution in [0.15, 0.2) is 71.2 Å². The van der Waals surface area contributed by atoms with Crippen molar-refractivity contribution in [1.29, 1.82) is 0 Å². The summed E-state index contributed by atoms with van der Waals surface area (Å²) in [4.78, 5) is 28.2. The quantitative estimate of drug-likeness (QED) is 0.291. The fraction of sp³-hybridized carbons (Fsp3) is 0.310. The number of halogens is 3. The predicted molar refractivity (Wildman–Crippen MR) is 153 cm³/mol. The number of amides is 2. The van der Waals surface area contributed by atoms with Gasteiger partial charge in [0, 0.05) is 20.0 Å². The molecule has 0 aliphatic heterocycles. The van der Waals surface area contributed by atoms with Gasteiger partial charge in [-0.15, -0.1) is 0 Å². The minimum absolute atomic E-state index is 0.0221. The number of nitrogens with zero attached hydrogens (tertiary/aromatic N) is 1. The van der Waals surface area contributed by atoms with Gasteiger partial charge in [-0.1, -0.05) is 86.4 Å². The number of hydrogen-bond donors (Lipinski definition) is 1. The standard InChI is InChI=1S/C29H31BrCl2N2O3/c1-29(2,3)21-11-13-26(22(30)16-21)37-18-27(35)34(17-20-10-12-23(31)24(32)14-20)25(28(36)33-4)15-19-8-6-5-7-9-19/h5-14,16,25H,15,17-18H2,1-4H3,(H,33,36). The van der Waals surface area contributed by atoms with Crippen molar-refractivity contribution >= 4 is 50.9 Å². The van der Waals surface area contributed by atoms with Crippen molar-refractivity contribution in [2.75, 3.05) is 13.7 Å². The average Bonchev–Trinajstić information content (AvgIpc) is 2.86. The number of benzene rings is 3. The van der Waals surface area contributed by atoms with Crippen LogP contribution in [-0.4, -0.2) is 36.4 Å². The summed E-state index contributed by atoms with van der Waals surface area (Å²) >= 11 is 15.9. The Labute approximate surface area is 237 Å². The first kappa shape index (κ1) is 29.0. The molecule has 0 aliphatic rings. The molecule has 0 spiro atoms. The topological polar surface area (TPSA) is 58.6 Å². The lowest BCUT2D eigenvalue weighted by molar-refractivity contribution is -0.142. The Morgan fingerprint density at radius 2 is 1.68 bits per heavy atom. The number of ether oxygens (including phenoxy) is 1. The molecule has 3 rings (SSSR count). The van der Waals surface area contributed by atoms with Gasteiger partial charge in [0.25, 0.3) is 5.91 Å². The zero-order chi connectivity index (χ0) is 27.2. The fourth-order valence-corrected chi connectivity index (χ4v) is 4.68. The Hall–Kier alpha value is -2.54. The van der Waals surface area contributed by atoms with Crippen molar-refractivity contribution in [2.45, 2.75) is 45.2 Å². The van der Waals surface area contributed by atoms with Crippen molar-refractivity contribution in [3.63, 3.8) is 0 Å². The molecule has 0 heterocycles. The first-order chi connectivity index (χ1) is 17.5. The number of rotatable bonds is 9. The van der Waals surface area contributed by atoms with Crippen LogP contribution in [0, 0.1) is 0 Å². The van der Waals surface area contributed by atoms with Crippen LogP contribution in [0.1, 0.15) is 37.5 Å². The summed E-state index contributed by atoms with van der Waals surface area (Å²) in [6, 6.07) is 19.8. The third-order valence-electron chi connectivity index (χ3n) is 6.00. The van der Waals surface area contributed by atoms with E-state index in [1.165, 1.54) is 4.90 Å². The molecule has 2 amide bonds. The summed E-state index contributed by atoms with van der Waals surface area (Å²) in [6.45, 7) is 6.31. The molecule has 1 N–H and O–H groups in total. The molecule has 0 saturated heterocycles. The summed E-state index contributed by atoms with van der Waals surface area (Å²) in [5.41, 5.74) is 2.80. The highest BCUT2D eigenvalue weighted by Gasteiger charge is 2.30. The van der Waals surface area contributed by atoms with E-state index >= 15 is 0 Å². The van der Waals surface area contributed by atoms with Gasteiger partial charge >= 0.3 is 0 Å². The molecular formula is C29H31BrCl2N2O3. The third kappa shape index (κ3) is 7.97. The Balaban J connectivity index is 1.89. The second kappa shape index (κ2) is 12.8. The molecule has 0 aromatic heterocycles. The molecule has 37 heavy (non-hydrogen) atoms. The molecule has 3 aromatic carbocycles. The highest BCUT2D eigenvalue weighted by molar-refractivity contribution is 9.10. The SMILES string of the molecule is CNC(=O)C(Cc1ccccc1)N(Cc1ccc(Cl)c(Cl)c1)C(=O)COc1ccc(C(C)(C)C)cc1Br. The Kier molecular flexibility index (Phi) is 10.0. The fourth-order valence-electron chi connectivity index (χ4n) is 3.86. The minimum Gasteiger partial charge on any atom is -0.483 e. The molecule has 0 bridgehead atoms. The molecule has 8 heteroatoms. The van der Waals surface area contributed by atoms with E-state index in [2.05, 4.69) is 42.0 Å². The molecular weight excluding hydrogens is 575 g/mol. The van der Waals surface area contributed by atoms with Gasteiger partial charge < -0.3 is 15.0 Å². The second-order valence-corrected chi connectivity index (χ2v) is 11.4. The predicted octanol–water partition coefficient (Wildman–Crippen LogP) is 6.82. The lowest BCUT2D eigenvalue weighted by atomic mass is 9.87. The highest BCUT2D eigenvalue weighted by atomic mass is 79.9. The van der Waals surface area contributed by atoms with Crippen LogP contribution in [0.2, 0.25) is 10.0 Å². The van der Waals surface area contributed by atoms with E-state index in [-0.39, 0.29) is 30.4 Å². The number of carbonyl (C=O) groups excluding carboxylic acids is 2. The summed E-state index contributed by atoms with van der Waals surface area (Å²) in [5.74, 6) is -0.0502. The van der Waals surface area contributed by atoms with E-state index < -0.39 is 6.04 Å². The number of carbonyl (C=O) groups is 2. The van der Waals surface area contributed by atoms with Gasteiger partial charge in [-0.2, -0.15) is 0 Å². The molecule has 5 nitrogen and oxygen atoms in total. The van der Waals surface area contributed by atoms with Crippen LogP contribution in [0.4, 0.5) is 0 Å². The van der Waals surface area contributed by atoms with Crippen molar-refractivity contribution in [3.8, 4) is 5.75 Å². The Morgan fingerprint density at radius 1 is 0.973 bits per heavy atom. The molecule has 0 fully saturated rings. The molecule has 0 aliphatic carbocycles. The molecule has 0 radical (unpaired) electrons. The summed E-state index contributed by atoms with van der Waals surface area (Å²) in [6.07, 6.45) is 0.345. The number of hydrogen-bond acceptors (Lipinski definition) is 3. The maximum atomic E-state index is 13.6. The van der Waals surface area contributed by atoms with Crippen LogP contribution in [-0.2, 0) is 28.0 Å². The van der Waals surface area contributed by atoms with Gasteiger partial charge in [-0.05, 0) is 62.3 Å². The van der Waals surface area contributed by atoms with Gasteiger partial charge in [0.05, 0.1) is 14.5 Å². The van der Waals surface area contributed by atoms with Crippen molar-refractivity contribution in [1.82, 2.24) is 10.2 Å². The van der Waals surface area contributed by atoms with Crippen molar-refractivity contribution < 1.29 is 14.3 Å². The summed E-state index contributed by atoms with van der Waals surface area (Å²) < 4.78 is 6.68. The molecule has 3 aromatic rings. The molecule has 1 unspecified atom stereocenters. The van der Waals surface area contributed by atoms with Crippen LogP contribution < -0.4 is 10.1 Å². The number of likely N-dealkylation sites (N-methyl/N-ethyl adjacent to an activating group) is 1. The second-order valence-electron chi connectivity index (χ2n) is 9.77. The zero-order valence-corrected chi connectivity index (χ0v) is 24.5. The first-order valence-electron chi connectivity index (χ1n) is 11.9. The Bertz CT molecular complexity index is 1250. The summed E-state index contributed by atoms with van der Waals surface area (Å²) in [7, 11) is 1.56. The van der Waals surface area contributed by atoms with Gasteiger partial charge in [-0.3, -0.25) is 9.59 Å². The monoisotopic (exact) mass is 604 g/mol. The molecule has 0 saturated carbocycles. The van der Waals surface area contributed by atoms with Crippen LogP contribution in [0.3, 0.4) is 0 Å². The van der Waals surface area contributed by atoms with Gasteiger partial charge in [0.2, 0.25) is 5.91 Å². The van der Waals surface area contributed by atoms with E-state index in [9.17, 15) is 9.59 Å². The maximum Gasteiger partial charge on any atom is 0.261 e. The van der Waals surface area contributed by atoms with E-state index in [0.29, 0.717) is 22.2 Å². The number of nitrogens with one attached hydrogen (secondary N) is 1. The highest BCUT2D eigenvalue weighted by Crippen LogP contribution is 2.32. The van der Waals surface area contributed by atoms with E-state index in [0.717, 1.165) is 21.2 Å².